The van der Waals surface area contributed by atoms with E-state index in [0.29, 0.717) is 11.8 Å². The van der Waals surface area contributed by atoms with Crippen LogP contribution in [0.5, 0.6) is 0 Å². The highest BCUT2D eigenvalue weighted by molar-refractivity contribution is 5.58. The second-order valence-electron chi connectivity index (χ2n) is 6.25. The van der Waals surface area contributed by atoms with Crippen LogP contribution in [-0.4, -0.2) is 19.9 Å². The van der Waals surface area contributed by atoms with Gasteiger partial charge in [0.2, 0.25) is 0 Å². The number of aromatic nitrogens is 4. The third-order valence-electron chi connectivity index (χ3n) is 4.59. The highest BCUT2D eigenvalue weighted by atomic mass is 19.1. The van der Waals surface area contributed by atoms with Gasteiger partial charge in [-0.3, -0.25) is 0 Å². The Hall–Kier alpha value is -2.50. The maximum Gasteiger partial charge on any atom is 0.278 e. The number of fused-ring (bicyclic) bond motifs is 1. The quantitative estimate of drug-likeness (QED) is 0.743. The highest BCUT2D eigenvalue weighted by Crippen LogP contribution is 2.40. The van der Waals surface area contributed by atoms with Gasteiger partial charge in [0.05, 0.1) is 5.69 Å². The topological polar surface area (TPSA) is 56.7 Å². The van der Waals surface area contributed by atoms with Crippen molar-refractivity contribution < 1.29 is 8.91 Å². The van der Waals surface area contributed by atoms with E-state index in [-0.39, 0.29) is 5.82 Å². The lowest BCUT2D eigenvalue weighted by molar-refractivity contribution is 0.421. The lowest BCUT2D eigenvalue weighted by Crippen LogP contribution is -2.01. The lowest BCUT2D eigenvalue weighted by atomic mass is 10.2. The molecule has 3 aromatic rings. The van der Waals surface area contributed by atoms with Crippen molar-refractivity contribution in [2.75, 3.05) is 0 Å². The summed E-state index contributed by atoms with van der Waals surface area (Å²) >= 11 is 0. The molecule has 1 aromatic carbocycles. The van der Waals surface area contributed by atoms with Gasteiger partial charge in [-0.1, -0.05) is 5.16 Å². The predicted octanol–water partition coefficient (Wildman–Crippen LogP) is 3.43. The van der Waals surface area contributed by atoms with E-state index in [1.165, 1.54) is 17.7 Å². The van der Waals surface area contributed by atoms with Crippen LogP contribution in [0.15, 0.2) is 28.8 Å². The minimum atomic E-state index is -0.247. The molecule has 0 unspecified atom stereocenters. The van der Waals surface area contributed by atoms with Gasteiger partial charge in [-0.2, -0.15) is 10.1 Å². The summed E-state index contributed by atoms with van der Waals surface area (Å²) < 4.78 is 20.5. The Balaban J connectivity index is 1.61. The Kier molecular flexibility index (Phi) is 2.68. The molecular weight excluding hydrogens is 295 g/mol. The van der Waals surface area contributed by atoms with E-state index in [0.717, 1.165) is 55.0 Å². The van der Waals surface area contributed by atoms with Gasteiger partial charge in [-0.15, -0.1) is 0 Å². The average molecular weight is 310 g/mol. The van der Waals surface area contributed by atoms with E-state index >= 15 is 0 Å². The fourth-order valence-corrected chi connectivity index (χ4v) is 3.24. The van der Waals surface area contributed by atoms with E-state index in [1.807, 2.05) is 4.68 Å². The Bertz CT molecular complexity index is 877. The van der Waals surface area contributed by atoms with Crippen molar-refractivity contribution in [3.05, 3.63) is 47.2 Å². The Labute approximate surface area is 132 Å². The van der Waals surface area contributed by atoms with Crippen molar-refractivity contribution >= 4 is 0 Å². The van der Waals surface area contributed by atoms with E-state index in [2.05, 4.69) is 10.1 Å². The predicted molar refractivity (Wildman–Crippen MR) is 80.8 cm³/mol. The molecule has 0 amide bonds. The van der Waals surface area contributed by atoms with Crippen LogP contribution >= 0.6 is 0 Å². The van der Waals surface area contributed by atoms with Crippen LogP contribution in [0.25, 0.3) is 17.3 Å². The molecule has 0 saturated heterocycles. The SMILES string of the molecule is Fc1ccc(-n2nc(-c3nc(C4CC4)no3)c3c2CCC3)cc1. The maximum atomic E-state index is 13.2. The van der Waals surface area contributed by atoms with Gasteiger partial charge in [0.25, 0.3) is 5.89 Å². The zero-order valence-electron chi connectivity index (χ0n) is 12.5. The van der Waals surface area contributed by atoms with Crippen molar-refractivity contribution in [1.82, 2.24) is 19.9 Å². The van der Waals surface area contributed by atoms with Crippen LogP contribution in [-0.2, 0) is 12.8 Å². The number of nitrogens with zero attached hydrogens (tertiary/aromatic N) is 4. The number of hydrogen-bond donors (Lipinski definition) is 0. The van der Waals surface area contributed by atoms with Gasteiger partial charge < -0.3 is 4.52 Å². The summed E-state index contributed by atoms with van der Waals surface area (Å²) in [7, 11) is 0. The van der Waals surface area contributed by atoms with Crippen molar-refractivity contribution in [1.29, 1.82) is 0 Å². The number of hydrogen-bond acceptors (Lipinski definition) is 4. The standard InChI is InChI=1S/C17H15FN4O/c18-11-6-8-12(9-7-11)22-14-3-1-2-13(14)15(20-22)17-19-16(21-23-17)10-4-5-10/h6-10H,1-5H2. The third kappa shape index (κ3) is 2.09. The molecule has 0 spiro atoms. The molecule has 2 aliphatic carbocycles. The molecule has 0 aliphatic heterocycles. The monoisotopic (exact) mass is 310 g/mol. The van der Waals surface area contributed by atoms with Crippen molar-refractivity contribution in [3.8, 4) is 17.3 Å². The Morgan fingerprint density at radius 3 is 2.74 bits per heavy atom. The zero-order valence-corrected chi connectivity index (χ0v) is 12.5. The summed E-state index contributed by atoms with van der Waals surface area (Å²) in [6.45, 7) is 0. The van der Waals surface area contributed by atoms with Crippen molar-refractivity contribution in [2.24, 2.45) is 0 Å². The van der Waals surface area contributed by atoms with Gasteiger partial charge in [0.1, 0.15) is 5.82 Å². The minimum absolute atomic E-state index is 0.247. The highest BCUT2D eigenvalue weighted by Gasteiger charge is 2.31. The number of benzene rings is 1. The van der Waals surface area contributed by atoms with Gasteiger partial charge in [0.15, 0.2) is 11.5 Å². The zero-order chi connectivity index (χ0) is 15.4. The normalized spacial score (nSPS) is 16.7. The number of halogens is 1. The van der Waals surface area contributed by atoms with Gasteiger partial charge in [-0.25, -0.2) is 9.07 Å². The maximum absolute atomic E-state index is 13.2. The van der Waals surface area contributed by atoms with E-state index in [9.17, 15) is 4.39 Å². The largest absolute Gasteiger partial charge is 0.332 e. The number of rotatable bonds is 3. The Morgan fingerprint density at radius 1 is 1.13 bits per heavy atom. The lowest BCUT2D eigenvalue weighted by Gasteiger charge is -2.04. The summed E-state index contributed by atoms with van der Waals surface area (Å²) in [4.78, 5) is 4.53. The summed E-state index contributed by atoms with van der Waals surface area (Å²) in [5.41, 5.74) is 3.98. The fourth-order valence-electron chi connectivity index (χ4n) is 3.24. The molecule has 1 fully saturated rings. The van der Waals surface area contributed by atoms with Crippen LogP contribution in [0.2, 0.25) is 0 Å². The van der Waals surface area contributed by atoms with Gasteiger partial charge in [0, 0.05) is 17.2 Å². The molecule has 1 saturated carbocycles. The van der Waals surface area contributed by atoms with Crippen LogP contribution in [0.4, 0.5) is 4.39 Å². The first-order chi connectivity index (χ1) is 11.3. The average Bonchev–Trinajstić information content (AvgIpc) is 2.99. The first-order valence-electron chi connectivity index (χ1n) is 8.00. The summed E-state index contributed by atoms with van der Waals surface area (Å²) in [5.74, 6) is 1.51. The fraction of sp³-hybridized carbons (Fsp3) is 0.353. The smallest absolute Gasteiger partial charge is 0.278 e. The molecule has 6 heteroatoms. The second-order valence-corrected chi connectivity index (χ2v) is 6.25. The molecule has 5 rings (SSSR count). The molecule has 2 aliphatic rings. The van der Waals surface area contributed by atoms with Gasteiger partial charge >= 0.3 is 0 Å². The van der Waals surface area contributed by atoms with Crippen molar-refractivity contribution in [2.45, 2.75) is 38.0 Å². The molecule has 0 atom stereocenters. The minimum Gasteiger partial charge on any atom is -0.332 e. The van der Waals surface area contributed by atoms with E-state index in [4.69, 9.17) is 9.62 Å². The van der Waals surface area contributed by atoms with E-state index in [1.54, 1.807) is 12.1 Å². The molecule has 0 radical (unpaired) electrons. The molecule has 2 aromatic heterocycles. The molecule has 2 heterocycles. The molecule has 116 valence electrons. The summed E-state index contributed by atoms with van der Waals surface area (Å²) in [5, 5.41) is 8.78. The van der Waals surface area contributed by atoms with Crippen LogP contribution in [0.1, 0.15) is 42.3 Å². The molecule has 23 heavy (non-hydrogen) atoms. The first-order valence-corrected chi connectivity index (χ1v) is 8.00. The summed E-state index contributed by atoms with van der Waals surface area (Å²) in [6.07, 6.45) is 5.30. The van der Waals surface area contributed by atoms with Crippen molar-refractivity contribution in [3.63, 3.8) is 0 Å². The molecule has 0 bridgehead atoms. The third-order valence-corrected chi connectivity index (χ3v) is 4.59. The van der Waals surface area contributed by atoms with Crippen LogP contribution in [0, 0.1) is 5.82 Å². The summed E-state index contributed by atoms with van der Waals surface area (Å²) in [6, 6.07) is 6.40. The Morgan fingerprint density at radius 2 is 1.96 bits per heavy atom. The molecule has 0 N–H and O–H groups in total. The van der Waals surface area contributed by atoms with Gasteiger partial charge in [-0.05, 0) is 56.4 Å². The first kappa shape index (κ1) is 13.0. The van der Waals surface area contributed by atoms with E-state index < -0.39 is 0 Å². The van der Waals surface area contributed by atoms with Crippen LogP contribution in [0.3, 0.4) is 0 Å². The molecule has 5 nitrogen and oxygen atoms in total. The second kappa shape index (κ2) is 4.75. The molecular formula is C17H15FN4O. The van der Waals surface area contributed by atoms with Crippen LogP contribution < -0.4 is 0 Å².